The van der Waals surface area contributed by atoms with Gasteiger partial charge in [-0.25, -0.2) is 4.79 Å². The Balaban J connectivity index is 1.65. The number of piperidine rings is 1. The Morgan fingerprint density at radius 1 is 1.20 bits per heavy atom. The van der Waals surface area contributed by atoms with Gasteiger partial charge in [-0.15, -0.1) is 0 Å². The van der Waals surface area contributed by atoms with Crippen LogP contribution in [0.3, 0.4) is 0 Å². The van der Waals surface area contributed by atoms with Crippen molar-refractivity contribution in [3.8, 4) is 0 Å². The topological polar surface area (TPSA) is 64.6 Å². The summed E-state index contributed by atoms with van der Waals surface area (Å²) in [5.74, 6) is 0.526. The third kappa shape index (κ3) is 6.67. The second-order valence-corrected chi connectivity index (χ2v) is 7.04. The fraction of sp³-hybridized carbons (Fsp3) is 0.650. The Labute approximate surface area is 151 Å². The molecule has 140 valence electrons. The highest BCUT2D eigenvalue weighted by molar-refractivity contribution is 5.74. The molecular formula is C20H33N3O2. The molecule has 1 aliphatic rings. The van der Waals surface area contributed by atoms with Crippen LogP contribution in [-0.2, 0) is 0 Å². The van der Waals surface area contributed by atoms with Crippen molar-refractivity contribution in [1.82, 2.24) is 15.5 Å². The van der Waals surface area contributed by atoms with Gasteiger partial charge in [-0.3, -0.25) is 0 Å². The fourth-order valence-corrected chi connectivity index (χ4v) is 3.36. The van der Waals surface area contributed by atoms with Crippen molar-refractivity contribution < 1.29 is 9.90 Å². The van der Waals surface area contributed by atoms with Gasteiger partial charge in [0.15, 0.2) is 0 Å². The smallest absolute Gasteiger partial charge is 0.315 e. The highest BCUT2D eigenvalue weighted by Gasteiger charge is 2.22. The maximum atomic E-state index is 11.9. The highest BCUT2D eigenvalue weighted by atomic mass is 16.3. The predicted molar refractivity (Wildman–Crippen MR) is 101 cm³/mol. The molecule has 0 radical (unpaired) electrons. The van der Waals surface area contributed by atoms with Gasteiger partial charge in [-0.1, -0.05) is 44.2 Å². The van der Waals surface area contributed by atoms with E-state index < -0.39 is 6.10 Å². The van der Waals surface area contributed by atoms with E-state index in [0.29, 0.717) is 12.5 Å². The summed E-state index contributed by atoms with van der Waals surface area (Å²) in [5, 5.41) is 16.4. The number of aliphatic hydroxyl groups is 1. The first-order valence-electron chi connectivity index (χ1n) is 9.62. The number of carbonyl (C=O) groups excluding carboxylic acids is 1. The molecule has 5 heteroatoms. The molecule has 5 nitrogen and oxygen atoms in total. The molecule has 0 bridgehead atoms. The van der Waals surface area contributed by atoms with Crippen LogP contribution < -0.4 is 10.6 Å². The van der Waals surface area contributed by atoms with Gasteiger partial charge in [0.05, 0.1) is 6.10 Å². The normalized spacial score (nSPS) is 17.4. The number of nitrogens with zero attached hydrogens (tertiary/aromatic N) is 1. The molecule has 2 rings (SSSR count). The molecule has 0 spiro atoms. The van der Waals surface area contributed by atoms with E-state index in [1.165, 1.54) is 0 Å². The summed E-state index contributed by atoms with van der Waals surface area (Å²) in [7, 11) is 0. The van der Waals surface area contributed by atoms with Crippen LogP contribution in [0.4, 0.5) is 4.79 Å². The van der Waals surface area contributed by atoms with E-state index in [-0.39, 0.29) is 12.1 Å². The number of aliphatic hydroxyl groups excluding tert-OH is 1. The number of β-amino-alcohol motifs (C(OH)–C–C–N with tert-alkyl or cyclic N) is 1. The van der Waals surface area contributed by atoms with Crippen LogP contribution in [0.5, 0.6) is 0 Å². The van der Waals surface area contributed by atoms with Crippen LogP contribution in [0.25, 0.3) is 0 Å². The second kappa shape index (κ2) is 10.4. The van der Waals surface area contributed by atoms with E-state index in [2.05, 4.69) is 29.4 Å². The van der Waals surface area contributed by atoms with Crippen LogP contribution in [-0.4, -0.2) is 48.3 Å². The minimum absolute atomic E-state index is 0.0457. The Morgan fingerprint density at radius 3 is 2.44 bits per heavy atom. The first-order valence-corrected chi connectivity index (χ1v) is 9.62. The zero-order chi connectivity index (χ0) is 18.1. The lowest BCUT2D eigenvalue weighted by atomic mass is 9.96. The van der Waals surface area contributed by atoms with Gasteiger partial charge in [0.2, 0.25) is 0 Å². The summed E-state index contributed by atoms with van der Waals surface area (Å²) >= 11 is 0. The summed E-state index contributed by atoms with van der Waals surface area (Å²) in [4.78, 5) is 14.2. The number of urea groups is 1. The summed E-state index contributed by atoms with van der Waals surface area (Å²) in [6.45, 7) is 7.55. The number of nitrogens with one attached hydrogen (secondary N) is 2. The zero-order valence-corrected chi connectivity index (χ0v) is 15.6. The molecule has 0 aliphatic carbocycles. The van der Waals surface area contributed by atoms with Gasteiger partial charge in [0.1, 0.15) is 0 Å². The summed E-state index contributed by atoms with van der Waals surface area (Å²) in [6, 6.07) is 10.1. The van der Waals surface area contributed by atoms with Crippen molar-refractivity contribution in [2.24, 2.45) is 5.92 Å². The van der Waals surface area contributed by atoms with E-state index in [1.807, 2.05) is 30.3 Å². The second-order valence-electron chi connectivity index (χ2n) is 7.04. The molecular weight excluding hydrogens is 314 g/mol. The fourth-order valence-electron chi connectivity index (χ4n) is 3.36. The number of benzene rings is 1. The molecule has 1 unspecified atom stereocenters. The maximum Gasteiger partial charge on any atom is 0.315 e. The Hall–Kier alpha value is -1.59. The number of likely N-dealkylation sites (tertiary alicyclic amines) is 1. The largest absolute Gasteiger partial charge is 0.387 e. The molecule has 1 fully saturated rings. The molecule has 1 aliphatic heterocycles. The third-order valence-electron chi connectivity index (χ3n) is 5.19. The van der Waals surface area contributed by atoms with E-state index in [1.54, 1.807) is 0 Å². The average molecular weight is 348 g/mol. The van der Waals surface area contributed by atoms with E-state index in [4.69, 9.17) is 0 Å². The lowest BCUT2D eigenvalue weighted by molar-refractivity contribution is 0.0894. The minimum atomic E-state index is -0.429. The summed E-state index contributed by atoms with van der Waals surface area (Å²) in [6.07, 6.45) is 3.62. The van der Waals surface area contributed by atoms with Gasteiger partial charge in [-0.05, 0) is 50.3 Å². The van der Waals surface area contributed by atoms with Crippen molar-refractivity contribution in [2.45, 2.75) is 51.7 Å². The highest BCUT2D eigenvalue weighted by Crippen LogP contribution is 2.20. The molecule has 0 saturated carbocycles. The first-order chi connectivity index (χ1) is 12.1. The Bertz CT molecular complexity index is 497. The first kappa shape index (κ1) is 19.7. The monoisotopic (exact) mass is 347 g/mol. The standard InChI is InChI=1S/C20H33N3O2/c1-3-18(4-2)22-20(25)21-14-16-10-12-23(13-11-16)15-19(24)17-8-6-5-7-9-17/h5-9,16,18-19,24H,3-4,10-15H2,1-2H3,(H2,21,22,25). The molecule has 25 heavy (non-hydrogen) atoms. The van der Waals surface area contributed by atoms with Gasteiger partial charge in [0, 0.05) is 19.1 Å². The molecule has 1 heterocycles. The molecule has 2 amide bonds. The maximum absolute atomic E-state index is 11.9. The van der Waals surface area contributed by atoms with Gasteiger partial charge >= 0.3 is 6.03 Å². The van der Waals surface area contributed by atoms with Crippen molar-refractivity contribution in [2.75, 3.05) is 26.2 Å². The quantitative estimate of drug-likeness (QED) is 0.677. The number of rotatable bonds is 8. The van der Waals surface area contributed by atoms with Crippen LogP contribution in [0.1, 0.15) is 51.2 Å². The van der Waals surface area contributed by atoms with Crippen molar-refractivity contribution in [1.29, 1.82) is 0 Å². The van der Waals surface area contributed by atoms with Gasteiger partial charge in [0.25, 0.3) is 0 Å². The molecule has 3 N–H and O–H groups in total. The average Bonchev–Trinajstić information content (AvgIpc) is 2.66. The molecule has 1 saturated heterocycles. The molecule has 1 aromatic carbocycles. The van der Waals surface area contributed by atoms with Crippen LogP contribution in [0, 0.1) is 5.92 Å². The predicted octanol–water partition coefficient (Wildman–Crippen LogP) is 2.92. The number of carbonyl (C=O) groups is 1. The summed E-state index contributed by atoms with van der Waals surface area (Å²) in [5.41, 5.74) is 0.976. The van der Waals surface area contributed by atoms with Crippen LogP contribution >= 0.6 is 0 Å². The summed E-state index contributed by atoms with van der Waals surface area (Å²) < 4.78 is 0. The SMILES string of the molecule is CCC(CC)NC(=O)NCC1CCN(CC(O)c2ccccc2)CC1. The van der Waals surface area contributed by atoms with Crippen LogP contribution in [0.15, 0.2) is 30.3 Å². The van der Waals surface area contributed by atoms with E-state index in [0.717, 1.165) is 50.9 Å². The minimum Gasteiger partial charge on any atom is -0.387 e. The molecule has 1 atom stereocenters. The van der Waals surface area contributed by atoms with Crippen molar-refractivity contribution >= 4 is 6.03 Å². The zero-order valence-electron chi connectivity index (χ0n) is 15.6. The third-order valence-corrected chi connectivity index (χ3v) is 5.19. The van der Waals surface area contributed by atoms with Crippen molar-refractivity contribution in [3.63, 3.8) is 0 Å². The number of hydrogen-bond donors (Lipinski definition) is 3. The van der Waals surface area contributed by atoms with Gasteiger partial charge in [-0.2, -0.15) is 0 Å². The lowest BCUT2D eigenvalue weighted by Gasteiger charge is -2.33. The van der Waals surface area contributed by atoms with E-state index in [9.17, 15) is 9.90 Å². The Morgan fingerprint density at radius 2 is 1.84 bits per heavy atom. The van der Waals surface area contributed by atoms with Crippen LogP contribution in [0.2, 0.25) is 0 Å². The van der Waals surface area contributed by atoms with E-state index >= 15 is 0 Å². The Kier molecular flexibility index (Phi) is 8.22. The van der Waals surface area contributed by atoms with Gasteiger partial charge < -0.3 is 20.6 Å². The molecule has 0 aromatic heterocycles. The lowest BCUT2D eigenvalue weighted by Crippen LogP contribution is -2.45. The number of amides is 2. The van der Waals surface area contributed by atoms with Crippen molar-refractivity contribution in [3.05, 3.63) is 35.9 Å². The molecule has 1 aromatic rings. The number of hydrogen-bond acceptors (Lipinski definition) is 3.